The second-order valence-electron chi connectivity index (χ2n) is 6.68. The average molecular weight is 359 g/mol. The van der Waals surface area contributed by atoms with E-state index in [0.717, 1.165) is 30.5 Å². The normalized spacial score (nSPS) is 12.1. The third-order valence-electron chi connectivity index (χ3n) is 4.65. The summed E-state index contributed by atoms with van der Waals surface area (Å²) in [5.74, 6) is 0.654. The largest absolute Gasteiger partial charge is 0.302 e. The molecule has 1 unspecified atom stereocenters. The first kappa shape index (κ1) is 19.6. The molecular formula is C21H30N2OS. The lowest BCUT2D eigenvalue weighted by molar-refractivity contribution is -0.116. The van der Waals surface area contributed by atoms with E-state index in [1.54, 1.807) is 0 Å². The summed E-state index contributed by atoms with van der Waals surface area (Å²) >= 11 is 1.49. The number of hydrogen-bond acceptors (Lipinski definition) is 3. The lowest BCUT2D eigenvalue weighted by Crippen LogP contribution is -2.10. The standard InChI is InChI=1S/C21H30N2OS/c1-4-6-7-8-9-10-20(24)23-21-22-19(15-25-21)18-13-11-17(12-14-18)16(3)5-2/h11-16H,4-10H2,1-3H3,(H,22,23,24). The zero-order valence-corrected chi connectivity index (χ0v) is 16.5. The third kappa shape index (κ3) is 6.28. The Balaban J connectivity index is 1.86. The van der Waals surface area contributed by atoms with Crippen molar-refractivity contribution in [1.82, 2.24) is 4.98 Å². The monoisotopic (exact) mass is 358 g/mol. The minimum atomic E-state index is 0.0736. The van der Waals surface area contributed by atoms with Crippen molar-refractivity contribution in [3.05, 3.63) is 35.2 Å². The van der Waals surface area contributed by atoms with Gasteiger partial charge in [0, 0.05) is 17.4 Å². The summed E-state index contributed by atoms with van der Waals surface area (Å²) in [4.78, 5) is 16.6. The maximum absolute atomic E-state index is 12.0. The summed E-state index contributed by atoms with van der Waals surface area (Å²) in [6.45, 7) is 6.65. The first-order valence-corrected chi connectivity index (χ1v) is 10.4. The molecule has 3 nitrogen and oxygen atoms in total. The molecule has 2 aromatic rings. The molecule has 0 bridgehead atoms. The van der Waals surface area contributed by atoms with Crippen LogP contribution >= 0.6 is 11.3 Å². The molecule has 0 aliphatic rings. The van der Waals surface area contributed by atoms with Crippen molar-refractivity contribution in [2.24, 2.45) is 0 Å². The molecule has 1 aromatic heterocycles. The quantitative estimate of drug-likeness (QED) is 0.485. The smallest absolute Gasteiger partial charge is 0.226 e. The second-order valence-corrected chi connectivity index (χ2v) is 7.54. The summed E-state index contributed by atoms with van der Waals surface area (Å²) in [7, 11) is 0. The van der Waals surface area contributed by atoms with Gasteiger partial charge in [-0.3, -0.25) is 4.79 Å². The highest BCUT2D eigenvalue weighted by Gasteiger charge is 2.09. The minimum absolute atomic E-state index is 0.0736. The molecule has 0 aliphatic heterocycles. The topological polar surface area (TPSA) is 42.0 Å². The molecule has 0 radical (unpaired) electrons. The first-order chi connectivity index (χ1) is 12.1. The van der Waals surface area contributed by atoms with Crippen LogP contribution in [0.25, 0.3) is 11.3 Å². The molecule has 1 amide bonds. The van der Waals surface area contributed by atoms with Gasteiger partial charge in [-0.05, 0) is 24.3 Å². The van der Waals surface area contributed by atoms with Gasteiger partial charge in [-0.1, -0.05) is 70.7 Å². The van der Waals surface area contributed by atoms with Crippen LogP contribution in [0.2, 0.25) is 0 Å². The summed E-state index contributed by atoms with van der Waals surface area (Å²) < 4.78 is 0. The fraction of sp³-hybridized carbons (Fsp3) is 0.524. The van der Waals surface area contributed by atoms with Gasteiger partial charge in [0.25, 0.3) is 0 Å². The van der Waals surface area contributed by atoms with E-state index in [1.807, 2.05) is 5.38 Å². The molecule has 1 N–H and O–H groups in total. The second kappa shape index (κ2) is 10.3. The highest BCUT2D eigenvalue weighted by atomic mass is 32.1. The van der Waals surface area contributed by atoms with Crippen molar-refractivity contribution in [2.45, 2.75) is 71.6 Å². The van der Waals surface area contributed by atoms with Gasteiger partial charge in [-0.25, -0.2) is 4.98 Å². The van der Waals surface area contributed by atoms with Gasteiger partial charge in [0.15, 0.2) is 5.13 Å². The van der Waals surface area contributed by atoms with Crippen LogP contribution in [-0.4, -0.2) is 10.9 Å². The van der Waals surface area contributed by atoms with E-state index < -0.39 is 0 Å². The van der Waals surface area contributed by atoms with Crippen LogP contribution in [0.15, 0.2) is 29.6 Å². The predicted octanol–water partition coefficient (Wildman–Crippen LogP) is 6.62. The summed E-state index contributed by atoms with van der Waals surface area (Å²) in [5, 5.41) is 5.63. The molecule has 1 aromatic carbocycles. The molecule has 0 aliphatic carbocycles. The van der Waals surface area contributed by atoms with E-state index in [1.165, 1.54) is 36.2 Å². The zero-order chi connectivity index (χ0) is 18.1. The number of nitrogens with zero attached hydrogens (tertiary/aromatic N) is 1. The summed E-state index contributed by atoms with van der Waals surface area (Å²) in [6.07, 6.45) is 7.53. The van der Waals surface area contributed by atoms with Gasteiger partial charge in [0.05, 0.1) is 5.69 Å². The van der Waals surface area contributed by atoms with Crippen LogP contribution < -0.4 is 5.32 Å². The molecule has 4 heteroatoms. The number of anilines is 1. The number of carbonyl (C=O) groups is 1. The molecule has 0 saturated carbocycles. The fourth-order valence-electron chi connectivity index (χ4n) is 2.75. The van der Waals surface area contributed by atoms with Crippen LogP contribution in [0, 0.1) is 0 Å². The number of nitrogens with one attached hydrogen (secondary N) is 1. The SMILES string of the molecule is CCCCCCCC(=O)Nc1nc(-c2ccc(C(C)CC)cc2)cs1. The first-order valence-electron chi connectivity index (χ1n) is 9.49. The number of amides is 1. The van der Waals surface area contributed by atoms with Gasteiger partial charge < -0.3 is 5.32 Å². The van der Waals surface area contributed by atoms with E-state index in [2.05, 4.69) is 55.3 Å². The Kier molecular flexibility index (Phi) is 8.13. The number of aromatic nitrogens is 1. The van der Waals surface area contributed by atoms with Crippen LogP contribution in [0.4, 0.5) is 5.13 Å². The molecule has 2 rings (SSSR count). The Morgan fingerprint density at radius 1 is 1.12 bits per heavy atom. The maximum atomic E-state index is 12.0. The van der Waals surface area contributed by atoms with Crippen LogP contribution in [0.5, 0.6) is 0 Å². The van der Waals surface area contributed by atoms with Crippen molar-refractivity contribution in [3.63, 3.8) is 0 Å². The van der Waals surface area contributed by atoms with Crippen LogP contribution in [-0.2, 0) is 4.79 Å². The number of hydrogen-bond donors (Lipinski definition) is 1. The molecule has 0 spiro atoms. The lowest BCUT2D eigenvalue weighted by Gasteiger charge is -2.08. The Labute approximate surface area is 155 Å². The number of carbonyl (C=O) groups excluding carboxylic acids is 1. The maximum Gasteiger partial charge on any atom is 0.226 e. The van der Waals surface area contributed by atoms with Gasteiger partial charge in [-0.15, -0.1) is 11.3 Å². The molecule has 1 atom stereocenters. The van der Waals surface area contributed by atoms with E-state index in [-0.39, 0.29) is 5.91 Å². The van der Waals surface area contributed by atoms with Gasteiger partial charge >= 0.3 is 0 Å². The molecule has 25 heavy (non-hydrogen) atoms. The molecule has 136 valence electrons. The molecule has 0 fully saturated rings. The van der Waals surface area contributed by atoms with Crippen LogP contribution in [0.1, 0.15) is 77.2 Å². The number of thiazole rings is 1. The Hall–Kier alpha value is -1.68. The molecular weight excluding hydrogens is 328 g/mol. The minimum Gasteiger partial charge on any atom is -0.302 e. The predicted molar refractivity (Wildman–Crippen MR) is 108 cm³/mol. The average Bonchev–Trinajstić information content (AvgIpc) is 3.09. The Morgan fingerprint density at radius 3 is 2.52 bits per heavy atom. The van der Waals surface area contributed by atoms with E-state index in [9.17, 15) is 4.79 Å². The molecule has 0 saturated heterocycles. The van der Waals surface area contributed by atoms with Crippen molar-refractivity contribution in [3.8, 4) is 11.3 Å². The number of rotatable bonds is 10. The summed E-state index contributed by atoms with van der Waals surface area (Å²) in [5.41, 5.74) is 3.39. The van der Waals surface area contributed by atoms with Gasteiger partial charge in [0.1, 0.15) is 0 Å². The van der Waals surface area contributed by atoms with Crippen molar-refractivity contribution in [2.75, 3.05) is 5.32 Å². The fourth-order valence-corrected chi connectivity index (χ4v) is 3.49. The van der Waals surface area contributed by atoms with E-state index in [4.69, 9.17) is 0 Å². The Morgan fingerprint density at radius 2 is 1.84 bits per heavy atom. The van der Waals surface area contributed by atoms with E-state index in [0.29, 0.717) is 17.5 Å². The van der Waals surface area contributed by atoms with Crippen LogP contribution in [0.3, 0.4) is 0 Å². The van der Waals surface area contributed by atoms with Gasteiger partial charge in [0.2, 0.25) is 5.91 Å². The number of unbranched alkanes of at least 4 members (excludes halogenated alkanes) is 4. The van der Waals surface area contributed by atoms with E-state index >= 15 is 0 Å². The highest BCUT2D eigenvalue weighted by molar-refractivity contribution is 7.14. The van der Waals surface area contributed by atoms with Crippen molar-refractivity contribution in [1.29, 1.82) is 0 Å². The van der Waals surface area contributed by atoms with Crippen molar-refractivity contribution >= 4 is 22.4 Å². The van der Waals surface area contributed by atoms with Gasteiger partial charge in [-0.2, -0.15) is 0 Å². The summed E-state index contributed by atoms with van der Waals surface area (Å²) in [6, 6.07) is 8.60. The van der Waals surface area contributed by atoms with Crippen molar-refractivity contribution < 1.29 is 4.79 Å². The number of benzene rings is 1. The highest BCUT2D eigenvalue weighted by Crippen LogP contribution is 2.27. The third-order valence-corrected chi connectivity index (χ3v) is 5.40. The Bertz CT molecular complexity index is 648. The lowest BCUT2D eigenvalue weighted by atomic mass is 9.97. The molecule has 1 heterocycles. The zero-order valence-electron chi connectivity index (χ0n) is 15.7.